The predicted molar refractivity (Wildman–Crippen MR) is 63.1 cm³/mol. The molecule has 0 amide bonds. The minimum atomic E-state index is -5.73. The van der Waals surface area contributed by atoms with Crippen molar-refractivity contribution in [2.75, 3.05) is 0 Å². The van der Waals surface area contributed by atoms with Crippen LogP contribution >= 0.6 is 0 Å². The monoisotopic (exact) mass is 304 g/mol. The van der Waals surface area contributed by atoms with Gasteiger partial charge in [0.05, 0.1) is 5.69 Å². The zero-order valence-corrected chi connectivity index (χ0v) is 10.5. The zero-order valence-electron chi connectivity index (χ0n) is 9.70. The van der Waals surface area contributed by atoms with Crippen LogP contribution in [0.5, 0.6) is 5.88 Å². The van der Waals surface area contributed by atoms with Gasteiger partial charge in [-0.2, -0.15) is 21.6 Å². The second-order valence-corrected chi connectivity index (χ2v) is 5.14. The first kappa shape index (κ1) is 14.3. The van der Waals surface area contributed by atoms with Crippen LogP contribution in [-0.4, -0.2) is 24.1 Å². The van der Waals surface area contributed by atoms with Crippen molar-refractivity contribution in [1.29, 1.82) is 0 Å². The van der Waals surface area contributed by atoms with E-state index in [-0.39, 0.29) is 0 Å². The Hall–Kier alpha value is -2.16. The van der Waals surface area contributed by atoms with E-state index < -0.39 is 21.5 Å². The normalized spacial score (nSPS) is 12.2. The lowest BCUT2D eigenvalue weighted by molar-refractivity contribution is -0.0501. The molecule has 0 N–H and O–H groups in total. The SMILES string of the molecule is O=S(=O)(Oc1ccc(-c2ccccc2)nn1)C(F)(F)F. The highest BCUT2D eigenvalue weighted by molar-refractivity contribution is 7.87. The predicted octanol–water partition coefficient (Wildman–Crippen LogP) is 2.37. The third-order valence-electron chi connectivity index (χ3n) is 2.19. The summed E-state index contributed by atoms with van der Waals surface area (Å²) in [6.07, 6.45) is 0. The number of hydrogen-bond donors (Lipinski definition) is 0. The summed E-state index contributed by atoms with van der Waals surface area (Å²) in [7, 11) is -5.73. The average Bonchev–Trinajstić information content (AvgIpc) is 2.39. The smallest absolute Gasteiger partial charge is 0.354 e. The molecule has 0 bridgehead atoms. The molecule has 0 atom stereocenters. The van der Waals surface area contributed by atoms with E-state index in [0.29, 0.717) is 11.3 Å². The topological polar surface area (TPSA) is 69.2 Å². The number of rotatable bonds is 3. The van der Waals surface area contributed by atoms with Crippen molar-refractivity contribution in [2.45, 2.75) is 5.51 Å². The van der Waals surface area contributed by atoms with E-state index in [2.05, 4.69) is 14.4 Å². The van der Waals surface area contributed by atoms with Gasteiger partial charge in [-0.15, -0.1) is 10.2 Å². The van der Waals surface area contributed by atoms with Gasteiger partial charge in [-0.25, -0.2) is 0 Å². The van der Waals surface area contributed by atoms with E-state index in [1.54, 1.807) is 30.3 Å². The van der Waals surface area contributed by atoms with Crippen molar-refractivity contribution in [3.63, 3.8) is 0 Å². The van der Waals surface area contributed by atoms with E-state index in [4.69, 9.17) is 0 Å². The molecule has 0 aliphatic heterocycles. The van der Waals surface area contributed by atoms with Crippen LogP contribution in [0.3, 0.4) is 0 Å². The van der Waals surface area contributed by atoms with Crippen molar-refractivity contribution in [1.82, 2.24) is 10.2 Å². The number of aromatic nitrogens is 2. The Kier molecular flexibility index (Phi) is 3.62. The molecule has 0 unspecified atom stereocenters. The molecule has 106 valence electrons. The number of halogens is 3. The van der Waals surface area contributed by atoms with Crippen LogP contribution in [0.25, 0.3) is 11.3 Å². The Labute approximate surface area is 112 Å². The highest BCUT2D eigenvalue weighted by Gasteiger charge is 2.48. The van der Waals surface area contributed by atoms with Crippen LogP contribution in [-0.2, 0) is 10.1 Å². The van der Waals surface area contributed by atoms with Gasteiger partial charge in [-0.3, -0.25) is 0 Å². The summed E-state index contributed by atoms with van der Waals surface area (Å²) < 4.78 is 61.7. The van der Waals surface area contributed by atoms with E-state index in [1.165, 1.54) is 6.07 Å². The molecule has 1 aromatic carbocycles. The molecule has 0 aliphatic carbocycles. The first-order valence-corrected chi connectivity index (χ1v) is 6.60. The lowest BCUT2D eigenvalue weighted by Gasteiger charge is -2.08. The maximum absolute atomic E-state index is 12.1. The Morgan fingerprint density at radius 1 is 0.950 bits per heavy atom. The zero-order chi connectivity index (χ0) is 14.8. The molecule has 1 heterocycles. The summed E-state index contributed by atoms with van der Waals surface area (Å²) in [6, 6.07) is 11.0. The molecule has 2 aromatic rings. The van der Waals surface area contributed by atoms with Gasteiger partial charge in [0.2, 0.25) is 0 Å². The Bertz CT molecular complexity index is 685. The van der Waals surface area contributed by atoms with Crippen molar-refractivity contribution in [3.05, 3.63) is 42.5 Å². The molecule has 20 heavy (non-hydrogen) atoms. The lowest BCUT2D eigenvalue weighted by atomic mass is 10.1. The van der Waals surface area contributed by atoms with Crippen molar-refractivity contribution >= 4 is 10.1 Å². The summed E-state index contributed by atoms with van der Waals surface area (Å²) in [5, 5.41) is 6.91. The minimum absolute atomic E-state index is 0.377. The summed E-state index contributed by atoms with van der Waals surface area (Å²) >= 11 is 0. The minimum Gasteiger partial charge on any atom is -0.354 e. The van der Waals surface area contributed by atoms with Gasteiger partial charge in [0.1, 0.15) is 0 Å². The summed E-state index contributed by atoms with van der Waals surface area (Å²) in [5.41, 5.74) is -4.44. The molecule has 0 spiro atoms. The summed E-state index contributed by atoms with van der Waals surface area (Å²) in [6.45, 7) is 0. The molecular formula is C11H7F3N2O3S. The van der Waals surface area contributed by atoms with Gasteiger partial charge >= 0.3 is 15.6 Å². The van der Waals surface area contributed by atoms with Gasteiger partial charge < -0.3 is 4.18 Å². The van der Waals surface area contributed by atoms with Crippen LogP contribution in [0.2, 0.25) is 0 Å². The first-order chi connectivity index (χ1) is 9.29. The number of benzene rings is 1. The third kappa shape index (κ3) is 3.05. The first-order valence-electron chi connectivity index (χ1n) is 5.19. The van der Waals surface area contributed by atoms with Crippen molar-refractivity contribution in [3.8, 4) is 17.1 Å². The molecule has 0 radical (unpaired) electrons. The molecule has 0 saturated heterocycles. The highest BCUT2D eigenvalue weighted by Crippen LogP contribution is 2.26. The fourth-order valence-electron chi connectivity index (χ4n) is 1.29. The molecule has 2 rings (SSSR count). The molecule has 9 heteroatoms. The van der Waals surface area contributed by atoms with E-state index in [1.807, 2.05) is 0 Å². The number of alkyl halides is 3. The fourth-order valence-corrected chi connectivity index (χ4v) is 1.70. The van der Waals surface area contributed by atoms with Gasteiger partial charge in [0, 0.05) is 11.6 Å². The van der Waals surface area contributed by atoms with Gasteiger partial charge in [0.15, 0.2) is 0 Å². The van der Waals surface area contributed by atoms with Crippen molar-refractivity contribution < 1.29 is 25.8 Å². The van der Waals surface area contributed by atoms with E-state index >= 15 is 0 Å². The second kappa shape index (κ2) is 5.08. The fraction of sp³-hybridized carbons (Fsp3) is 0.0909. The van der Waals surface area contributed by atoms with Crippen molar-refractivity contribution in [2.24, 2.45) is 0 Å². The van der Waals surface area contributed by atoms with Crippen LogP contribution < -0.4 is 4.18 Å². The third-order valence-corrected chi connectivity index (χ3v) is 3.15. The van der Waals surface area contributed by atoms with Crippen LogP contribution in [0, 0.1) is 0 Å². The largest absolute Gasteiger partial charge is 0.534 e. The molecule has 0 fully saturated rings. The number of nitrogens with zero attached hydrogens (tertiary/aromatic N) is 2. The Morgan fingerprint density at radius 2 is 1.60 bits per heavy atom. The summed E-state index contributed by atoms with van der Waals surface area (Å²) in [4.78, 5) is 0. The lowest BCUT2D eigenvalue weighted by Crippen LogP contribution is -2.28. The van der Waals surface area contributed by atoms with Gasteiger partial charge in [-0.1, -0.05) is 30.3 Å². The van der Waals surface area contributed by atoms with E-state index in [9.17, 15) is 21.6 Å². The van der Waals surface area contributed by atoms with Crippen LogP contribution in [0.1, 0.15) is 0 Å². The van der Waals surface area contributed by atoms with Gasteiger partial charge in [-0.05, 0) is 6.07 Å². The molecule has 5 nitrogen and oxygen atoms in total. The van der Waals surface area contributed by atoms with Gasteiger partial charge in [0.25, 0.3) is 5.88 Å². The molecule has 1 aromatic heterocycles. The van der Waals surface area contributed by atoms with Crippen LogP contribution in [0.4, 0.5) is 13.2 Å². The Balaban J connectivity index is 2.22. The molecule has 0 aliphatic rings. The standard InChI is InChI=1S/C11H7F3N2O3S/c12-11(13,14)20(17,18)19-10-7-6-9(15-16-10)8-4-2-1-3-5-8/h1-7H. The molecular weight excluding hydrogens is 297 g/mol. The Morgan fingerprint density at radius 3 is 2.10 bits per heavy atom. The summed E-state index contributed by atoms with van der Waals surface area (Å²) in [5.74, 6) is -0.748. The average molecular weight is 304 g/mol. The maximum atomic E-state index is 12.1. The van der Waals surface area contributed by atoms with E-state index in [0.717, 1.165) is 6.07 Å². The maximum Gasteiger partial charge on any atom is 0.534 e. The van der Waals surface area contributed by atoms with Crippen LogP contribution in [0.15, 0.2) is 42.5 Å². The second-order valence-electron chi connectivity index (χ2n) is 3.61. The number of hydrogen-bond acceptors (Lipinski definition) is 5. The quantitative estimate of drug-likeness (QED) is 0.643. The highest BCUT2D eigenvalue weighted by atomic mass is 32.2. The molecule has 0 saturated carbocycles.